The number of methoxy groups -OCH3 is 1. The summed E-state index contributed by atoms with van der Waals surface area (Å²) in [6, 6.07) is 0.0182. The van der Waals surface area contributed by atoms with Crippen molar-refractivity contribution in [3.8, 4) is 0 Å². The molecule has 7 nitrogen and oxygen atoms in total. The van der Waals surface area contributed by atoms with Gasteiger partial charge in [0.25, 0.3) is 0 Å². The van der Waals surface area contributed by atoms with E-state index in [1.807, 2.05) is 0 Å². The van der Waals surface area contributed by atoms with E-state index in [-0.39, 0.29) is 17.9 Å². The molecule has 0 aliphatic carbocycles. The van der Waals surface area contributed by atoms with E-state index in [4.69, 9.17) is 7.73 Å². The number of unbranched alkanes of at least 4 members (excludes halogenated alkanes) is 7. The molecule has 0 saturated carbocycles. The number of esters is 1. The molecule has 154 valence electrons. The SMILES string of the molecule is COC(=O)CCCCCCCCCCC(=O)N1C[C@H](O)CC[C@@H]1CO[O][Tl]. The van der Waals surface area contributed by atoms with Gasteiger partial charge in [-0.1, -0.05) is 12.8 Å². The first-order valence-electron chi connectivity index (χ1n) is 10.1. The molecule has 1 N–H and O–H groups in total. The van der Waals surface area contributed by atoms with E-state index < -0.39 is 6.10 Å². The minimum atomic E-state index is -0.428. The third-order valence-electron chi connectivity index (χ3n) is 5.08. The maximum absolute atomic E-state index is 12.5. The average Bonchev–Trinajstić information content (AvgIpc) is 2.67. The zero-order chi connectivity index (χ0) is 19.9. The van der Waals surface area contributed by atoms with E-state index in [9.17, 15) is 14.7 Å². The van der Waals surface area contributed by atoms with Gasteiger partial charge in [0, 0.05) is 6.42 Å². The first-order chi connectivity index (χ1) is 13.1. The predicted octanol–water partition coefficient (Wildman–Crippen LogP) is 2.44. The molecule has 1 rings (SSSR count). The van der Waals surface area contributed by atoms with Gasteiger partial charge in [-0.15, -0.1) is 0 Å². The van der Waals surface area contributed by atoms with Crippen molar-refractivity contribution in [2.24, 2.45) is 0 Å². The van der Waals surface area contributed by atoms with Crippen LogP contribution in [0.5, 0.6) is 0 Å². The molecule has 1 saturated heterocycles. The number of likely N-dealkylation sites (tertiary alicyclic amines) is 1. The normalized spacial score (nSPS) is 19.8. The van der Waals surface area contributed by atoms with Crippen LogP contribution in [0.4, 0.5) is 0 Å². The van der Waals surface area contributed by atoms with Crippen LogP contribution in [0.2, 0.25) is 0 Å². The summed E-state index contributed by atoms with van der Waals surface area (Å²) in [6.45, 7) is 0.798. The van der Waals surface area contributed by atoms with Gasteiger partial charge in [0.2, 0.25) is 0 Å². The second kappa shape index (κ2) is 15.6. The molecule has 0 aromatic heterocycles. The molecule has 2 atom stereocenters. The third kappa shape index (κ3) is 11.4. The molecule has 1 heterocycles. The topological polar surface area (TPSA) is 85.3 Å². The molecular weight excluding hydrogens is 543 g/mol. The molecule has 0 aromatic rings. The first-order valence-corrected chi connectivity index (χ1v) is 11.9. The van der Waals surface area contributed by atoms with Crippen molar-refractivity contribution in [1.82, 2.24) is 4.90 Å². The predicted molar refractivity (Wildman–Crippen MR) is 102 cm³/mol. The van der Waals surface area contributed by atoms with Crippen LogP contribution < -0.4 is 0 Å². The number of hydrogen-bond donors (Lipinski definition) is 1. The fourth-order valence-corrected chi connectivity index (χ4v) is 3.76. The number of piperidine rings is 1. The van der Waals surface area contributed by atoms with Gasteiger partial charge in [0.15, 0.2) is 0 Å². The van der Waals surface area contributed by atoms with Gasteiger partial charge < -0.3 is 4.74 Å². The van der Waals surface area contributed by atoms with Crippen molar-refractivity contribution < 1.29 is 27.2 Å². The van der Waals surface area contributed by atoms with Crippen LogP contribution in [0.3, 0.4) is 0 Å². The summed E-state index contributed by atoms with van der Waals surface area (Å²) in [5.74, 6) is -0.0138. The second-order valence-electron chi connectivity index (χ2n) is 7.22. The van der Waals surface area contributed by atoms with Crippen molar-refractivity contribution in [3.63, 3.8) is 0 Å². The van der Waals surface area contributed by atoms with Crippen molar-refractivity contribution in [2.45, 2.75) is 89.2 Å². The molecule has 0 spiro atoms. The molecule has 0 radical (unpaired) electrons. The number of rotatable bonds is 14. The van der Waals surface area contributed by atoms with Crippen molar-refractivity contribution in [2.75, 3.05) is 20.3 Å². The van der Waals surface area contributed by atoms with E-state index in [1.165, 1.54) is 20.0 Å². The van der Waals surface area contributed by atoms with Crippen molar-refractivity contribution in [3.05, 3.63) is 0 Å². The third-order valence-corrected chi connectivity index (χ3v) is 5.61. The molecule has 0 bridgehead atoms. The zero-order valence-corrected chi connectivity index (χ0v) is 21.1. The van der Waals surface area contributed by atoms with Crippen LogP contribution in [0.15, 0.2) is 0 Å². The Morgan fingerprint density at radius 2 is 1.59 bits per heavy atom. The molecule has 1 aliphatic rings. The summed E-state index contributed by atoms with van der Waals surface area (Å²) in [5.41, 5.74) is 0. The molecule has 1 amide bonds. The fourth-order valence-electron chi connectivity index (χ4n) is 3.46. The standard InChI is InChI=1S/C19H35NO6.Tl/c1-25-19(23)11-9-7-5-3-2-4-6-8-10-18(22)20-14-17(21)13-12-16(20)15-26-24;/h16-17,21,24H,2-15H2,1H3;/q;+1/p-1/t16-,17-;/m1./s1. The number of carbonyl (C=O) groups is 2. The first kappa shape index (κ1) is 24.8. The van der Waals surface area contributed by atoms with E-state index >= 15 is 0 Å². The number of amides is 1. The number of aliphatic hydroxyl groups is 1. The Morgan fingerprint density at radius 3 is 2.19 bits per heavy atom. The molecule has 8 heteroatoms. The van der Waals surface area contributed by atoms with Gasteiger partial charge in [0.1, 0.15) is 0 Å². The monoisotopic (exact) mass is 577 g/mol. The molecule has 1 aliphatic heterocycles. The van der Waals surface area contributed by atoms with Crippen LogP contribution >= 0.6 is 0 Å². The van der Waals surface area contributed by atoms with Gasteiger partial charge in [-0.2, -0.15) is 0 Å². The summed E-state index contributed by atoms with van der Waals surface area (Å²) >= 11 is 0.321. The molecule has 0 unspecified atom stereocenters. The van der Waals surface area contributed by atoms with Gasteiger partial charge in [0.05, 0.1) is 7.11 Å². The Labute approximate surface area is 179 Å². The molecule has 27 heavy (non-hydrogen) atoms. The van der Waals surface area contributed by atoms with Gasteiger partial charge in [-0.25, -0.2) is 0 Å². The second-order valence-corrected chi connectivity index (χ2v) is 7.96. The number of hydrogen-bond acceptors (Lipinski definition) is 6. The summed E-state index contributed by atoms with van der Waals surface area (Å²) in [7, 11) is 1.43. The number of carbonyl (C=O) groups excluding carboxylic acids is 2. The Morgan fingerprint density at radius 1 is 1.00 bits per heavy atom. The zero-order valence-electron chi connectivity index (χ0n) is 16.6. The Hall–Kier alpha value is -0.258. The quantitative estimate of drug-likeness (QED) is 0.112. The summed E-state index contributed by atoms with van der Waals surface area (Å²) in [5, 5.41) is 9.86. The van der Waals surface area contributed by atoms with Crippen molar-refractivity contribution in [1.29, 1.82) is 0 Å². The Bertz CT molecular complexity index is 421. The van der Waals surface area contributed by atoms with E-state index in [0.29, 0.717) is 58.6 Å². The van der Waals surface area contributed by atoms with Crippen LogP contribution in [0, 0.1) is 0 Å². The Balaban J connectivity index is 2.07. The maximum atomic E-state index is 12.5. The van der Waals surface area contributed by atoms with E-state index in [0.717, 1.165) is 44.9 Å². The Kier molecular flexibility index (Phi) is 14.4. The number of aliphatic hydroxyl groups excluding tert-OH is 1. The summed E-state index contributed by atoms with van der Waals surface area (Å²) < 4.78 is 9.44. The molecule has 1 fully saturated rings. The van der Waals surface area contributed by atoms with Crippen LogP contribution in [-0.4, -0.2) is 80.5 Å². The summed E-state index contributed by atoms with van der Waals surface area (Å²) in [6.07, 6.45) is 10.6. The van der Waals surface area contributed by atoms with Gasteiger partial charge in [-0.3, -0.25) is 4.79 Å². The van der Waals surface area contributed by atoms with Crippen LogP contribution in [0.1, 0.15) is 77.0 Å². The minimum absolute atomic E-state index is 0.0182. The van der Waals surface area contributed by atoms with Crippen LogP contribution in [0.25, 0.3) is 0 Å². The number of ether oxygens (including phenoxy) is 1. The average molecular weight is 577 g/mol. The molecular formula is C19H34NO6Tl. The fraction of sp³-hybridized carbons (Fsp3) is 0.895. The number of nitrogens with zero attached hydrogens (tertiary/aromatic N) is 1. The van der Waals surface area contributed by atoms with E-state index in [2.05, 4.69) is 4.74 Å². The molecule has 0 aromatic carbocycles. The van der Waals surface area contributed by atoms with E-state index in [1.54, 1.807) is 4.90 Å². The van der Waals surface area contributed by atoms with Crippen LogP contribution in [-0.2, 0) is 22.1 Å². The van der Waals surface area contributed by atoms with Crippen molar-refractivity contribution >= 4 is 38.1 Å². The summed E-state index contributed by atoms with van der Waals surface area (Å²) in [4.78, 5) is 30.4. The van der Waals surface area contributed by atoms with Gasteiger partial charge in [-0.05, 0) is 6.42 Å². The number of β-amino-alcohol motifs (C(OH)–C–C–N with tert-alkyl or cyclic N) is 1. The van der Waals surface area contributed by atoms with Gasteiger partial charge >= 0.3 is 137 Å².